The summed E-state index contributed by atoms with van der Waals surface area (Å²) in [5.41, 5.74) is 4.13. The molecule has 0 fully saturated rings. The summed E-state index contributed by atoms with van der Waals surface area (Å²) < 4.78 is 0. The summed E-state index contributed by atoms with van der Waals surface area (Å²) in [6.07, 6.45) is 2.26. The molecule has 0 atom stereocenters. The molecule has 0 radical (unpaired) electrons. The minimum absolute atomic E-state index is 0.145. The van der Waals surface area contributed by atoms with Gasteiger partial charge in [-0.1, -0.05) is 53.8 Å². The molecule has 3 rings (SSSR count). The number of aromatic nitrogens is 1. The fraction of sp³-hybridized carbons (Fsp3) is 0.208. The van der Waals surface area contributed by atoms with E-state index in [4.69, 9.17) is 0 Å². The first-order valence-corrected chi connectivity index (χ1v) is 9.13. The lowest BCUT2D eigenvalue weighted by molar-refractivity contribution is -0.385. The average molecular weight is 370 g/mol. The van der Waals surface area contributed by atoms with Crippen molar-refractivity contribution in [2.24, 2.45) is 5.41 Å². The summed E-state index contributed by atoms with van der Waals surface area (Å²) in [5.74, 6) is 6.56. The van der Waals surface area contributed by atoms with Crippen LogP contribution in [0.3, 0.4) is 0 Å². The van der Waals surface area contributed by atoms with Gasteiger partial charge < -0.3 is 0 Å². The lowest BCUT2D eigenvalue weighted by Gasteiger charge is -2.18. The molecule has 0 unspecified atom stereocenters. The molecule has 0 spiro atoms. The molecule has 1 heterocycles. The van der Waals surface area contributed by atoms with Crippen LogP contribution in [0.2, 0.25) is 0 Å². The van der Waals surface area contributed by atoms with Crippen molar-refractivity contribution in [1.82, 2.24) is 4.98 Å². The van der Waals surface area contributed by atoms with Crippen LogP contribution in [0.25, 0.3) is 11.3 Å². The lowest BCUT2D eigenvalue weighted by atomic mass is 9.85. The zero-order valence-electron chi connectivity index (χ0n) is 16.3. The number of nitro groups is 1. The second-order valence-electron chi connectivity index (χ2n) is 7.47. The van der Waals surface area contributed by atoms with E-state index >= 15 is 0 Å². The Balaban J connectivity index is 1.93. The molecule has 28 heavy (non-hydrogen) atoms. The average Bonchev–Trinajstić information content (AvgIpc) is 2.67. The topological polar surface area (TPSA) is 56.0 Å². The van der Waals surface area contributed by atoms with Crippen molar-refractivity contribution in [3.8, 4) is 23.1 Å². The monoisotopic (exact) mass is 370 g/mol. The van der Waals surface area contributed by atoms with Crippen molar-refractivity contribution in [1.29, 1.82) is 0 Å². The van der Waals surface area contributed by atoms with Crippen LogP contribution < -0.4 is 0 Å². The Morgan fingerprint density at radius 3 is 2.54 bits per heavy atom. The largest absolute Gasteiger partial charge is 0.272 e. The van der Waals surface area contributed by atoms with Crippen LogP contribution in [-0.4, -0.2) is 9.91 Å². The van der Waals surface area contributed by atoms with Gasteiger partial charge in [-0.05, 0) is 45.4 Å². The summed E-state index contributed by atoms with van der Waals surface area (Å²) in [6.45, 7) is 5.95. The second kappa shape index (κ2) is 8.06. The Bertz CT molecular complexity index is 1060. The van der Waals surface area contributed by atoms with E-state index in [9.17, 15) is 10.1 Å². The molecule has 0 saturated carbocycles. The third-order valence-corrected chi connectivity index (χ3v) is 4.45. The van der Waals surface area contributed by atoms with Gasteiger partial charge in [-0.2, -0.15) is 0 Å². The van der Waals surface area contributed by atoms with Gasteiger partial charge in [-0.15, -0.1) is 0 Å². The molecule has 0 bridgehead atoms. The summed E-state index contributed by atoms with van der Waals surface area (Å²) >= 11 is 0. The smallest absolute Gasteiger partial charge is 0.258 e. The first kappa shape index (κ1) is 19.3. The molecule has 140 valence electrons. The standard InChI is InChI=1S/C24H22N2O2/c1-18-11-12-22(26(27)28)21(16-18)17-24(2,3)14-13-20-10-7-15-25-23(20)19-8-5-4-6-9-19/h4-12,15-16H,17H2,1-3H3. The van der Waals surface area contributed by atoms with Crippen molar-refractivity contribution in [2.75, 3.05) is 0 Å². The van der Waals surface area contributed by atoms with E-state index in [1.54, 1.807) is 18.3 Å². The number of hydrogen-bond donors (Lipinski definition) is 0. The molecule has 1 aromatic heterocycles. The summed E-state index contributed by atoms with van der Waals surface area (Å²) in [4.78, 5) is 15.5. The van der Waals surface area contributed by atoms with E-state index in [1.807, 2.05) is 69.3 Å². The van der Waals surface area contributed by atoms with Crippen molar-refractivity contribution in [3.63, 3.8) is 0 Å². The number of benzene rings is 2. The normalized spacial score (nSPS) is 10.8. The number of hydrogen-bond acceptors (Lipinski definition) is 3. The fourth-order valence-corrected chi connectivity index (χ4v) is 3.12. The predicted octanol–water partition coefficient (Wildman–Crippen LogP) is 5.59. The highest BCUT2D eigenvalue weighted by Gasteiger charge is 2.22. The van der Waals surface area contributed by atoms with Gasteiger partial charge in [-0.3, -0.25) is 15.1 Å². The minimum Gasteiger partial charge on any atom is -0.258 e. The summed E-state index contributed by atoms with van der Waals surface area (Å²) in [5, 5.41) is 11.4. The van der Waals surface area contributed by atoms with E-state index in [0.29, 0.717) is 12.0 Å². The third-order valence-electron chi connectivity index (χ3n) is 4.45. The molecule has 0 aliphatic heterocycles. The second-order valence-corrected chi connectivity index (χ2v) is 7.47. The predicted molar refractivity (Wildman–Crippen MR) is 112 cm³/mol. The minimum atomic E-state index is -0.428. The lowest BCUT2D eigenvalue weighted by Crippen LogP contribution is -2.13. The van der Waals surface area contributed by atoms with Crippen molar-refractivity contribution in [3.05, 3.63) is 93.7 Å². The molecular formula is C24H22N2O2. The Morgan fingerprint density at radius 1 is 1.07 bits per heavy atom. The van der Waals surface area contributed by atoms with E-state index in [-0.39, 0.29) is 10.6 Å². The number of rotatable bonds is 4. The van der Waals surface area contributed by atoms with Crippen LogP contribution in [0, 0.1) is 34.3 Å². The first-order valence-electron chi connectivity index (χ1n) is 9.13. The van der Waals surface area contributed by atoms with Gasteiger partial charge in [0.1, 0.15) is 0 Å². The highest BCUT2D eigenvalue weighted by molar-refractivity contribution is 5.67. The van der Waals surface area contributed by atoms with Crippen molar-refractivity contribution in [2.45, 2.75) is 27.2 Å². The highest BCUT2D eigenvalue weighted by atomic mass is 16.6. The highest BCUT2D eigenvalue weighted by Crippen LogP contribution is 2.29. The fourth-order valence-electron chi connectivity index (χ4n) is 3.12. The Morgan fingerprint density at radius 2 is 1.82 bits per heavy atom. The number of nitro benzene ring substituents is 1. The summed E-state index contributed by atoms with van der Waals surface area (Å²) in [6, 6.07) is 19.0. The Kier molecular flexibility index (Phi) is 5.56. The van der Waals surface area contributed by atoms with Crippen molar-refractivity contribution >= 4 is 5.69 Å². The molecule has 3 aromatic rings. The van der Waals surface area contributed by atoms with Crippen LogP contribution in [0.1, 0.15) is 30.5 Å². The first-order chi connectivity index (χ1) is 13.4. The molecule has 0 aliphatic carbocycles. The van der Waals surface area contributed by atoms with Gasteiger partial charge >= 0.3 is 0 Å². The van der Waals surface area contributed by atoms with Crippen LogP contribution in [0.4, 0.5) is 5.69 Å². The van der Waals surface area contributed by atoms with Gasteiger partial charge in [-0.25, -0.2) is 0 Å². The molecule has 2 aromatic carbocycles. The van der Waals surface area contributed by atoms with Gasteiger partial charge in [0.2, 0.25) is 0 Å². The number of pyridine rings is 1. The van der Waals surface area contributed by atoms with Crippen LogP contribution in [0.15, 0.2) is 66.9 Å². The van der Waals surface area contributed by atoms with Gasteiger partial charge in [0.15, 0.2) is 0 Å². The van der Waals surface area contributed by atoms with Gasteiger partial charge in [0, 0.05) is 28.8 Å². The molecule has 0 saturated heterocycles. The van der Waals surface area contributed by atoms with Gasteiger partial charge in [0.05, 0.1) is 16.2 Å². The van der Waals surface area contributed by atoms with Gasteiger partial charge in [0.25, 0.3) is 5.69 Å². The summed E-state index contributed by atoms with van der Waals surface area (Å²) in [7, 11) is 0. The molecule has 4 nitrogen and oxygen atoms in total. The van der Waals surface area contributed by atoms with Crippen LogP contribution in [-0.2, 0) is 6.42 Å². The van der Waals surface area contributed by atoms with Crippen molar-refractivity contribution < 1.29 is 4.92 Å². The maximum atomic E-state index is 11.4. The zero-order chi connectivity index (χ0) is 20.1. The maximum absolute atomic E-state index is 11.4. The zero-order valence-corrected chi connectivity index (χ0v) is 16.3. The van der Waals surface area contributed by atoms with Crippen LogP contribution in [0.5, 0.6) is 0 Å². The number of aryl methyl sites for hydroxylation is 1. The SMILES string of the molecule is Cc1ccc([N+](=O)[O-])c(CC(C)(C)C#Cc2cccnc2-c2ccccc2)c1. The molecular weight excluding hydrogens is 348 g/mol. The molecule has 0 aliphatic rings. The van der Waals surface area contributed by atoms with E-state index < -0.39 is 5.41 Å². The maximum Gasteiger partial charge on any atom is 0.272 e. The van der Waals surface area contributed by atoms with E-state index in [0.717, 1.165) is 22.4 Å². The molecule has 4 heteroatoms. The van der Waals surface area contributed by atoms with E-state index in [2.05, 4.69) is 16.8 Å². The quantitative estimate of drug-likeness (QED) is 0.342. The number of nitrogens with zero attached hydrogens (tertiary/aromatic N) is 2. The third kappa shape index (κ3) is 4.63. The van der Waals surface area contributed by atoms with E-state index in [1.165, 1.54) is 0 Å². The van der Waals surface area contributed by atoms with Crippen LogP contribution >= 0.6 is 0 Å². The molecule has 0 amide bonds. The Hall–Kier alpha value is -3.45. The Labute approximate surface area is 165 Å². The molecule has 0 N–H and O–H groups in total.